The molecule has 1 aliphatic heterocycles. The van der Waals surface area contributed by atoms with Gasteiger partial charge in [-0.3, -0.25) is 4.79 Å². The highest BCUT2D eigenvalue weighted by Crippen LogP contribution is 2.40. The maximum atomic E-state index is 13.1. The summed E-state index contributed by atoms with van der Waals surface area (Å²) in [6, 6.07) is 14.0. The minimum atomic E-state index is -0.617. The van der Waals surface area contributed by atoms with Crippen LogP contribution in [0.25, 0.3) is 11.3 Å². The van der Waals surface area contributed by atoms with Crippen molar-refractivity contribution in [1.29, 1.82) is 0 Å². The van der Waals surface area contributed by atoms with Gasteiger partial charge in [0.25, 0.3) is 0 Å². The number of benzene rings is 2. The highest BCUT2D eigenvalue weighted by molar-refractivity contribution is 7.14. The normalized spacial score (nSPS) is 15.1. The van der Waals surface area contributed by atoms with E-state index in [9.17, 15) is 9.18 Å². The van der Waals surface area contributed by atoms with E-state index in [-0.39, 0.29) is 11.7 Å². The van der Waals surface area contributed by atoms with Crippen LogP contribution in [0.3, 0.4) is 0 Å². The number of primary amides is 1. The van der Waals surface area contributed by atoms with Gasteiger partial charge in [0.15, 0.2) is 5.13 Å². The molecule has 0 bridgehead atoms. The predicted molar refractivity (Wildman–Crippen MR) is 108 cm³/mol. The van der Waals surface area contributed by atoms with E-state index in [1.165, 1.54) is 23.5 Å². The highest BCUT2D eigenvalue weighted by atomic mass is 32.1. The summed E-state index contributed by atoms with van der Waals surface area (Å²) in [5, 5.41) is 2.77. The Bertz CT molecular complexity index is 997. The van der Waals surface area contributed by atoms with E-state index in [2.05, 4.69) is 9.88 Å². The molecule has 1 aromatic heterocycles. The van der Waals surface area contributed by atoms with Gasteiger partial charge in [0.1, 0.15) is 11.6 Å². The third-order valence-corrected chi connectivity index (χ3v) is 5.99. The van der Waals surface area contributed by atoms with Gasteiger partial charge in [-0.1, -0.05) is 12.1 Å². The molecular weight excluding hydrogens is 377 g/mol. The number of amides is 1. The number of halogens is 1. The van der Waals surface area contributed by atoms with Gasteiger partial charge in [-0.2, -0.15) is 0 Å². The first kappa shape index (κ1) is 18.4. The minimum Gasteiger partial charge on any atom is -0.497 e. The molecule has 1 saturated heterocycles. The van der Waals surface area contributed by atoms with Crippen LogP contribution in [0.15, 0.2) is 53.9 Å². The van der Waals surface area contributed by atoms with Crippen molar-refractivity contribution in [2.45, 2.75) is 6.42 Å². The van der Waals surface area contributed by atoms with Crippen molar-refractivity contribution in [3.8, 4) is 17.0 Å². The van der Waals surface area contributed by atoms with Crippen molar-refractivity contribution in [2.75, 3.05) is 25.1 Å². The number of hydrogen-bond acceptors (Lipinski definition) is 5. The Morgan fingerprint density at radius 2 is 2.04 bits per heavy atom. The number of thiazole rings is 1. The Morgan fingerprint density at radius 3 is 2.71 bits per heavy atom. The second-order valence-electron chi connectivity index (χ2n) is 7.05. The molecule has 0 spiro atoms. The molecule has 1 amide bonds. The average molecular weight is 397 g/mol. The lowest BCUT2D eigenvalue weighted by molar-refractivity contribution is -0.129. The van der Waals surface area contributed by atoms with Crippen LogP contribution in [-0.4, -0.2) is 31.1 Å². The third kappa shape index (κ3) is 3.45. The summed E-state index contributed by atoms with van der Waals surface area (Å²) in [6.07, 6.45) is 0.562. The molecule has 2 N–H and O–H groups in total. The van der Waals surface area contributed by atoms with Gasteiger partial charge >= 0.3 is 0 Å². The van der Waals surface area contributed by atoms with Crippen LogP contribution in [0, 0.1) is 11.2 Å². The minimum absolute atomic E-state index is 0.272. The number of aromatic nitrogens is 1. The van der Waals surface area contributed by atoms with Crippen LogP contribution in [0.5, 0.6) is 5.75 Å². The first-order valence-electron chi connectivity index (χ1n) is 8.88. The number of methoxy groups -OCH3 is 1. The zero-order chi connectivity index (χ0) is 19.7. The summed E-state index contributed by atoms with van der Waals surface area (Å²) in [7, 11) is 1.62. The van der Waals surface area contributed by atoms with Gasteiger partial charge in [0.2, 0.25) is 5.91 Å². The monoisotopic (exact) mass is 397 g/mol. The molecule has 7 heteroatoms. The lowest BCUT2D eigenvalue weighted by Crippen LogP contribution is -2.63. The molecule has 28 heavy (non-hydrogen) atoms. The standard InChI is InChI=1S/C21H20FN3O2S/c1-27-17-4-2-3-14(9-17)10-21(19(23)26)12-25(13-21)20-24-18(11-28-20)15-5-7-16(22)8-6-15/h2-9,11H,10,12-13H2,1H3,(H2,23,26). The number of rotatable bonds is 6. The summed E-state index contributed by atoms with van der Waals surface area (Å²) in [6.45, 7) is 1.05. The fraction of sp³-hybridized carbons (Fsp3) is 0.238. The Hall–Kier alpha value is -2.93. The van der Waals surface area contributed by atoms with Crippen LogP contribution in [0.2, 0.25) is 0 Å². The maximum absolute atomic E-state index is 13.1. The molecule has 2 heterocycles. The molecule has 0 aliphatic carbocycles. The van der Waals surface area contributed by atoms with Crippen molar-refractivity contribution in [2.24, 2.45) is 11.1 Å². The Labute approximate surface area is 166 Å². The number of hydrogen-bond donors (Lipinski definition) is 1. The Kier molecular flexibility index (Phi) is 4.77. The first-order valence-corrected chi connectivity index (χ1v) is 9.76. The van der Waals surface area contributed by atoms with Crippen molar-refractivity contribution in [3.63, 3.8) is 0 Å². The molecule has 0 saturated carbocycles. The van der Waals surface area contributed by atoms with E-state index in [1.807, 2.05) is 29.6 Å². The lowest BCUT2D eigenvalue weighted by Gasteiger charge is -2.48. The number of anilines is 1. The number of ether oxygens (including phenoxy) is 1. The molecular formula is C21H20FN3O2S. The van der Waals surface area contributed by atoms with Crippen LogP contribution in [0.1, 0.15) is 5.56 Å². The third-order valence-electron chi connectivity index (χ3n) is 5.09. The van der Waals surface area contributed by atoms with Crippen LogP contribution >= 0.6 is 11.3 Å². The van der Waals surface area contributed by atoms with Crippen molar-refractivity contribution >= 4 is 22.4 Å². The second-order valence-corrected chi connectivity index (χ2v) is 7.89. The maximum Gasteiger partial charge on any atom is 0.227 e. The SMILES string of the molecule is COc1cccc(CC2(C(N)=O)CN(c3nc(-c4ccc(F)cc4)cs3)C2)c1. The summed E-state index contributed by atoms with van der Waals surface area (Å²) < 4.78 is 18.4. The molecule has 1 fully saturated rings. The molecule has 144 valence electrons. The predicted octanol–water partition coefficient (Wildman–Crippen LogP) is 3.49. The fourth-order valence-corrected chi connectivity index (χ4v) is 4.35. The van der Waals surface area contributed by atoms with E-state index in [0.717, 1.165) is 27.7 Å². The first-order chi connectivity index (χ1) is 13.5. The smallest absolute Gasteiger partial charge is 0.227 e. The van der Waals surface area contributed by atoms with Gasteiger partial charge in [-0.25, -0.2) is 9.37 Å². The highest BCUT2D eigenvalue weighted by Gasteiger charge is 2.49. The Morgan fingerprint density at radius 1 is 1.29 bits per heavy atom. The molecule has 5 nitrogen and oxygen atoms in total. The van der Waals surface area contributed by atoms with E-state index < -0.39 is 5.41 Å². The van der Waals surface area contributed by atoms with E-state index in [0.29, 0.717) is 19.5 Å². The number of nitrogens with zero attached hydrogens (tertiary/aromatic N) is 2. The molecule has 0 radical (unpaired) electrons. The van der Waals surface area contributed by atoms with Gasteiger partial charge in [-0.15, -0.1) is 11.3 Å². The zero-order valence-electron chi connectivity index (χ0n) is 15.4. The molecule has 0 atom stereocenters. The van der Waals surface area contributed by atoms with Crippen LogP contribution in [0.4, 0.5) is 9.52 Å². The number of carbonyl (C=O) groups is 1. The van der Waals surface area contributed by atoms with Gasteiger partial charge in [-0.05, 0) is 48.4 Å². The quantitative estimate of drug-likeness (QED) is 0.691. The molecule has 4 rings (SSSR count). The largest absolute Gasteiger partial charge is 0.497 e. The summed E-state index contributed by atoms with van der Waals surface area (Å²) >= 11 is 1.51. The average Bonchev–Trinajstić information content (AvgIpc) is 3.14. The van der Waals surface area contributed by atoms with Gasteiger partial charge in [0.05, 0.1) is 18.2 Å². The van der Waals surface area contributed by atoms with E-state index >= 15 is 0 Å². The molecule has 3 aromatic rings. The van der Waals surface area contributed by atoms with Crippen LogP contribution in [-0.2, 0) is 11.2 Å². The van der Waals surface area contributed by atoms with Crippen LogP contribution < -0.4 is 15.4 Å². The summed E-state index contributed by atoms with van der Waals surface area (Å²) in [5.41, 5.74) is 7.81. The molecule has 2 aromatic carbocycles. The molecule has 0 unspecified atom stereocenters. The number of carbonyl (C=O) groups excluding carboxylic acids is 1. The fourth-order valence-electron chi connectivity index (χ4n) is 3.51. The Balaban J connectivity index is 1.49. The zero-order valence-corrected chi connectivity index (χ0v) is 16.2. The second kappa shape index (κ2) is 7.24. The summed E-state index contributed by atoms with van der Waals surface area (Å²) in [4.78, 5) is 18.9. The van der Waals surface area contributed by atoms with E-state index in [1.54, 1.807) is 19.2 Å². The molecule has 1 aliphatic rings. The van der Waals surface area contributed by atoms with Gasteiger partial charge in [0, 0.05) is 24.0 Å². The summed E-state index contributed by atoms with van der Waals surface area (Å²) in [5.74, 6) is 0.185. The lowest BCUT2D eigenvalue weighted by atomic mass is 9.74. The topological polar surface area (TPSA) is 68.5 Å². The van der Waals surface area contributed by atoms with Crippen molar-refractivity contribution in [3.05, 3.63) is 65.3 Å². The van der Waals surface area contributed by atoms with Crippen molar-refractivity contribution in [1.82, 2.24) is 4.98 Å². The van der Waals surface area contributed by atoms with Gasteiger partial charge < -0.3 is 15.4 Å². The number of nitrogens with two attached hydrogens (primary N) is 1. The van der Waals surface area contributed by atoms with E-state index in [4.69, 9.17) is 10.5 Å². The van der Waals surface area contributed by atoms with Crippen molar-refractivity contribution < 1.29 is 13.9 Å².